The summed E-state index contributed by atoms with van der Waals surface area (Å²) in [4.78, 5) is 25.6. The molecule has 6 N–H and O–H groups in total. The third kappa shape index (κ3) is 10.7. The van der Waals surface area contributed by atoms with Gasteiger partial charge in [-0.25, -0.2) is 0 Å². The Bertz CT molecular complexity index is 2760. The normalized spacial score (nSPS) is 10.7. The van der Waals surface area contributed by atoms with Gasteiger partial charge in [0.05, 0.1) is 11.1 Å². The van der Waals surface area contributed by atoms with Crippen LogP contribution in [0.15, 0.2) is 178 Å². The number of para-hydroxylation sites is 2. The standard InChI is InChI=1S/2C23H16ClN3O3.CH3.Fe/c2*24-15-10-11-20(28)19(13-15)26-27-21-17-9-5-4-6-14(17)12-18(22(21)29)23(30)25-16-7-2-1-3-8-16;;/h2*1-13,28-29H,(H,25,30);1H3;/q;;+1;. The Kier molecular flexibility index (Phi) is 15.3. The number of phenolic OH excluding ortho intramolecular Hbond substituents is 4. The second-order valence-electron chi connectivity index (χ2n) is 13.0. The zero-order valence-electron chi connectivity index (χ0n) is 32.5. The SMILES string of the molecule is O=C(Nc1ccccc1)c1cc2ccccc2c(N=Nc2cc(Cl)ccc2O)c1O.O=C(Nc1ccccc1)c1cc2ccccc2c(N=Nc2cc(Cl)ccc2O)c1O.[CH3+].[Fe]. The Morgan fingerprint density at radius 1 is 0.452 bits per heavy atom. The summed E-state index contributed by atoms with van der Waals surface area (Å²) < 4.78 is 0. The molecule has 0 bridgehead atoms. The molecule has 0 unspecified atom stereocenters. The van der Waals surface area contributed by atoms with Crippen molar-refractivity contribution < 1.29 is 47.1 Å². The van der Waals surface area contributed by atoms with E-state index in [0.717, 1.165) is 0 Å². The third-order valence-electron chi connectivity index (χ3n) is 8.93. The third-order valence-corrected chi connectivity index (χ3v) is 9.40. The minimum atomic E-state index is -0.480. The number of carbonyl (C=O) groups is 2. The van der Waals surface area contributed by atoms with Gasteiger partial charge in [-0.3, -0.25) is 9.59 Å². The first-order chi connectivity index (χ1) is 29.0. The van der Waals surface area contributed by atoms with Crippen molar-refractivity contribution in [3.8, 4) is 23.0 Å². The van der Waals surface area contributed by atoms with Gasteiger partial charge in [0.15, 0.2) is 11.5 Å². The topological polar surface area (TPSA) is 189 Å². The van der Waals surface area contributed by atoms with E-state index in [4.69, 9.17) is 23.2 Å². The van der Waals surface area contributed by atoms with E-state index in [1.54, 1.807) is 84.9 Å². The zero-order chi connectivity index (χ0) is 42.2. The maximum absolute atomic E-state index is 12.8. The van der Waals surface area contributed by atoms with Gasteiger partial charge in [0.1, 0.15) is 34.2 Å². The number of hydrogen-bond acceptors (Lipinski definition) is 10. The fourth-order valence-electron chi connectivity index (χ4n) is 5.98. The monoisotopic (exact) mass is 905 g/mol. The largest absolute Gasteiger partial charge is 0.506 e. The summed E-state index contributed by atoms with van der Waals surface area (Å²) in [7, 11) is 0. The number of phenols is 4. The van der Waals surface area contributed by atoms with Gasteiger partial charge in [-0.1, -0.05) is 108 Å². The average molecular weight is 907 g/mol. The Balaban J connectivity index is 0.000000227. The second kappa shape index (κ2) is 20.7. The Morgan fingerprint density at radius 2 is 0.806 bits per heavy atom. The number of azo groups is 2. The number of benzene rings is 8. The van der Waals surface area contributed by atoms with Crippen LogP contribution in [0.4, 0.5) is 34.1 Å². The summed E-state index contributed by atoms with van der Waals surface area (Å²) in [6, 6.07) is 44.2. The first kappa shape index (κ1) is 45.7. The van der Waals surface area contributed by atoms with Crippen LogP contribution in [0, 0.1) is 7.43 Å². The van der Waals surface area contributed by atoms with Crippen LogP contribution in [0.25, 0.3) is 21.5 Å². The van der Waals surface area contributed by atoms with E-state index in [2.05, 4.69) is 31.1 Å². The minimum absolute atomic E-state index is 0. The van der Waals surface area contributed by atoms with Crippen molar-refractivity contribution >= 4 is 90.7 Å². The van der Waals surface area contributed by atoms with Crippen molar-refractivity contribution in [2.75, 3.05) is 10.6 Å². The molecular weight excluding hydrogens is 871 g/mol. The van der Waals surface area contributed by atoms with Gasteiger partial charge in [-0.05, 0) is 83.6 Å². The van der Waals surface area contributed by atoms with Gasteiger partial charge in [-0.2, -0.15) is 0 Å². The van der Waals surface area contributed by atoms with E-state index in [0.29, 0.717) is 43.0 Å². The molecule has 0 radical (unpaired) electrons. The smallest absolute Gasteiger partial charge is 0.259 e. The summed E-state index contributed by atoms with van der Waals surface area (Å²) in [5.41, 5.74) is 1.83. The van der Waals surface area contributed by atoms with Crippen molar-refractivity contribution in [3.63, 3.8) is 0 Å². The maximum atomic E-state index is 12.8. The Morgan fingerprint density at radius 3 is 1.19 bits per heavy atom. The summed E-state index contributed by atoms with van der Waals surface area (Å²) in [5.74, 6) is -1.80. The molecule has 15 heteroatoms. The molecule has 0 saturated heterocycles. The number of fused-ring (bicyclic) bond motifs is 2. The predicted molar refractivity (Wildman–Crippen MR) is 241 cm³/mol. The molecule has 310 valence electrons. The van der Waals surface area contributed by atoms with Crippen molar-refractivity contribution in [2.24, 2.45) is 20.5 Å². The van der Waals surface area contributed by atoms with Crippen LogP contribution in [0.2, 0.25) is 10.0 Å². The summed E-state index contributed by atoms with van der Waals surface area (Å²) >= 11 is 11.9. The Labute approximate surface area is 376 Å². The first-order valence-electron chi connectivity index (χ1n) is 18.1. The molecular formula is C47H35Cl2FeN6O6+. The Hall–Kier alpha value is -7.41. The molecule has 0 fully saturated rings. The number of anilines is 2. The number of nitrogens with one attached hydrogen (secondary N) is 2. The van der Waals surface area contributed by atoms with Crippen molar-refractivity contribution in [1.29, 1.82) is 0 Å². The van der Waals surface area contributed by atoms with E-state index in [1.165, 1.54) is 36.4 Å². The molecule has 2 amide bonds. The van der Waals surface area contributed by atoms with Crippen molar-refractivity contribution in [3.05, 3.63) is 186 Å². The molecule has 62 heavy (non-hydrogen) atoms. The molecule has 8 rings (SSSR count). The zero-order valence-corrected chi connectivity index (χ0v) is 35.1. The average Bonchev–Trinajstić information content (AvgIpc) is 3.25. The fraction of sp³-hybridized carbons (Fsp3) is 0. The molecule has 0 aromatic heterocycles. The van der Waals surface area contributed by atoms with Crippen LogP contribution in [0.1, 0.15) is 20.7 Å². The van der Waals surface area contributed by atoms with Gasteiger partial charge in [0.2, 0.25) is 0 Å². The molecule has 8 aromatic rings. The number of carbonyl (C=O) groups excluding carboxylic acids is 2. The number of rotatable bonds is 8. The van der Waals surface area contributed by atoms with Gasteiger partial charge < -0.3 is 31.1 Å². The van der Waals surface area contributed by atoms with Crippen molar-refractivity contribution in [1.82, 2.24) is 0 Å². The van der Waals surface area contributed by atoms with Gasteiger partial charge in [0.25, 0.3) is 11.8 Å². The molecule has 0 spiro atoms. The van der Waals surface area contributed by atoms with Gasteiger partial charge in [-0.15, -0.1) is 20.5 Å². The first-order valence-corrected chi connectivity index (χ1v) is 18.8. The number of aromatic hydroxyl groups is 4. The maximum Gasteiger partial charge on any atom is 0.259 e. The van der Waals surface area contributed by atoms with Crippen LogP contribution in [0.3, 0.4) is 0 Å². The number of hydrogen-bond donors (Lipinski definition) is 6. The quantitative estimate of drug-likeness (QED) is 0.0500. The second-order valence-corrected chi connectivity index (χ2v) is 13.9. The van der Waals surface area contributed by atoms with Gasteiger partial charge in [0, 0.05) is 56.7 Å². The van der Waals surface area contributed by atoms with Crippen molar-refractivity contribution in [2.45, 2.75) is 0 Å². The molecule has 0 atom stereocenters. The van der Waals surface area contributed by atoms with Gasteiger partial charge >= 0.3 is 0 Å². The molecule has 0 heterocycles. The summed E-state index contributed by atoms with van der Waals surface area (Å²) in [6.07, 6.45) is 0. The predicted octanol–water partition coefficient (Wildman–Crippen LogP) is 13.6. The van der Waals surface area contributed by atoms with Crippen LogP contribution in [-0.4, -0.2) is 32.2 Å². The van der Waals surface area contributed by atoms with E-state index < -0.39 is 11.8 Å². The molecule has 0 aliphatic heterocycles. The summed E-state index contributed by atoms with van der Waals surface area (Å²) in [5, 5.41) is 66.8. The van der Waals surface area contributed by atoms with Crippen LogP contribution < -0.4 is 10.6 Å². The van der Waals surface area contributed by atoms with Crippen LogP contribution in [-0.2, 0) is 17.1 Å². The minimum Gasteiger partial charge on any atom is -0.506 e. The fourth-order valence-corrected chi connectivity index (χ4v) is 6.32. The molecule has 12 nitrogen and oxygen atoms in total. The molecule has 8 aromatic carbocycles. The molecule has 0 aliphatic carbocycles. The van der Waals surface area contributed by atoms with E-state index in [9.17, 15) is 30.0 Å². The summed E-state index contributed by atoms with van der Waals surface area (Å²) in [6.45, 7) is 0. The van der Waals surface area contributed by atoms with Crippen LogP contribution >= 0.6 is 23.2 Å². The van der Waals surface area contributed by atoms with E-state index in [-0.39, 0.29) is 81.4 Å². The van der Waals surface area contributed by atoms with Crippen LogP contribution in [0.5, 0.6) is 23.0 Å². The number of nitrogens with zero attached hydrogens (tertiary/aromatic N) is 4. The molecule has 0 saturated carbocycles. The molecule has 0 aliphatic rings. The van der Waals surface area contributed by atoms with E-state index in [1.807, 2.05) is 36.4 Å². The number of halogens is 2. The number of amides is 2. The van der Waals surface area contributed by atoms with E-state index >= 15 is 0 Å².